The van der Waals surface area contributed by atoms with Gasteiger partial charge in [-0.3, -0.25) is 0 Å². The summed E-state index contributed by atoms with van der Waals surface area (Å²) in [5, 5.41) is 2.43. The lowest BCUT2D eigenvalue weighted by Crippen LogP contribution is -2.07. The van der Waals surface area contributed by atoms with Crippen molar-refractivity contribution in [2.24, 2.45) is 0 Å². The van der Waals surface area contributed by atoms with Crippen molar-refractivity contribution in [1.29, 1.82) is 0 Å². The molecular weight excluding hydrogens is 169 g/mol. The molecule has 0 amide bonds. The number of pyridine rings is 1. The van der Waals surface area contributed by atoms with Gasteiger partial charge in [0.2, 0.25) is 0 Å². The number of anilines is 1. The Morgan fingerprint density at radius 2 is 2.00 bits per heavy atom. The van der Waals surface area contributed by atoms with Gasteiger partial charge < -0.3 is 5.32 Å². The van der Waals surface area contributed by atoms with E-state index >= 15 is 0 Å². The summed E-state index contributed by atoms with van der Waals surface area (Å²) in [6.45, 7) is 0. The quantitative estimate of drug-likeness (QED) is 0.708. The summed E-state index contributed by atoms with van der Waals surface area (Å²) in [7, 11) is 3.28. The molecule has 1 aromatic rings. The third-order valence-electron chi connectivity index (χ3n) is 1.26. The van der Waals surface area contributed by atoms with E-state index in [0.717, 1.165) is 12.3 Å². The van der Waals surface area contributed by atoms with Crippen LogP contribution in [0, 0.1) is 7.05 Å². The van der Waals surface area contributed by atoms with E-state index in [1.54, 1.807) is 0 Å². The second-order valence-electron chi connectivity index (χ2n) is 2.11. The van der Waals surface area contributed by atoms with Crippen molar-refractivity contribution < 1.29 is 13.2 Å². The summed E-state index contributed by atoms with van der Waals surface area (Å²) in [6.07, 6.45) is -3.30. The monoisotopic (exact) mass is 175 g/mol. The molecule has 1 aromatic heterocycles. The molecule has 1 N–H and O–H groups in total. The van der Waals surface area contributed by atoms with Crippen LogP contribution in [-0.2, 0) is 6.18 Å². The van der Waals surface area contributed by atoms with Gasteiger partial charge in [0, 0.05) is 7.05 Å². The van der Waals surface area contributed by atoms with Crippen molar-refractivity contribution in [3.63, 3.8) is 0 Å². The number of hydrogen-bond acceptors (Lipinski definition) is 2. The Morgan fingerprint density at radius 1 is 1.33 bits per heavy atom. The molecule has 0 bridgehead atoms. The largest absolute Gasteiger partial charge is 0.433 e. The van der Waals surface area contributed by atoms with Gasteiger partial charge in [0.15, 0.2) is 0 Å². The number of hydrogen-bond donors (Lipinski definition) is 1. The minimum atomic E-state index is -4.38. The molecule has 0 spiro atoms. The maximum atomic E-state index is 11.9. The number of halogens is 3. The molecular formula is C7H6F3N2. The predicted octanol–water partition coefficient (Wildman–Crippen LogP) is 2.30. The van der Waals surface area contributed by atoms with E-state index in [1.807, 2.05) is 0 Å². The van der Waals surface area contributed by atoms with Crippen LogP contribution >= 0.6 is 0 Å². The van der Waals surface area contributed by atoms with E-state index in [1.165, 1.54) is 6.07 Å². The van der Waals surface area contributed by atoms with Crippen molar-refractivity contribution in [3.05, 3.63) is 31.1 Å². The van der Waals surface area contributed by atoms with E-state index in [-0.39, 0.29) is 0 Å². The highest BCUT2D eigenvalue weighted by atomic mass is 19.4. The zero-order valence-corrected chi connectivity index (χ0v) is 6.02. The van der Waals surface area contributed by atoms with Crippen LogP contribution in [0.4, 0.5) is 18.9 Å². The number of rotatable bonds is 1. The van der Waals surface area contributed by atoms with Crippen molar-refractivity contribution in [3.8, 4) is 0 Å². The predicted molar refractivity (Wildman–Crippen MR) is 38.2 cm³/mol. The third-order valence-corrected chi connectivity index (χ3v) is 1.26. The molecule has 65 valence electrons. The third kappa shape index (κ3) is 1.87. The molecule has 5 heteroatoms. The molecule has 12 heavy (non-hydrogen) atoms. The highest BCUT2D eigenvalue weighted by molar-refractivity contribution is 5.41. The molecule has 1 heterocycles. The second-order valence-corrected chi connectivity index (χ2v) is 2.11. The average molecular weight is 175 g/mol. The lowest BCUT2D eigenvalue weighted by atomic mass is 10.3. The van der Waals surface area contributed by atoms with Gasteiger partial charge in [-0.25, -0.2) is 4.98 Å². The molecule has 0 saturated heterocycles. The number of aromatic nitrogens is 1. The average Bonchev–Trinajstić information content (AvgIpc) is 2.03. The van der Waals surface area contributed by atoms with Crippen LogP contribution in [0.25, 0.3) is 0 Å². The zero-order valence-electron chi connectivity index (χ0n) is 6.02. The van der Waals surface area contributed by atoms with Gasteiger partial charge in [-0.2, -0.15) is 13.2 Å². The Balaban J connectivity index is 2.93. The van der Waals surface area contributed by atoms with Crippen molar-refractivity contribution in [2.45, 2.75) is 6.18 Å². The van der Waals surface area contributed by atoms with E-state index in [2.05, 4.69) is 17.3 Å². The fourth-order valence-electron chi connectivity index (χ4n) is 0.666. The first-order valence-electron chi connectivity index (χ1n) is 3.10. The minimum Gasteiger partial charge on any atom is -0.382 e. The van der Waals surface area contributed by atoms with Gasteiger partial charge in [0.05, 0.1) is 11.9 Å². The highest BCUT2D eigenvalue weighted by Gasteiger charge is 2.31. The Bertz CT molecular complexity index is 252. The summed E-state index contributed by atoms with van der Waals surface area (Å²) in [5.41, 5.74) is -0.454. The second kappa shape index (κ2) is 3.00. The van der Waals surface area contributed by atoms with E-state index in [4.69, 9.17) is 0 Å². The summed E-state index contributed by atoms with van der Waals surface area (Å²) in [5.74, 6) is 0. The molecule has 1 radical (unpaired) electrons. The topological polar surface area (TPSA) is 24.9 Å². The van der Waals surface area contributed by atoms with Crippen LogP contribution < -0.4 is 5.32 Å². The molecule has 0 atom stereocenters. The van der Waals surface area contributed by atoms with Crippen molar-refractivity contribution in [2.75, 3.05) is 5.32 Å². The summed E-state index contributed by atoms with van der Waals surface area (Å²) >= 11 is 0. The lowest BCUT2D eigenvalue weighted by Gasteiger charge is -2.05. The number of alkyl halides is 3. The van der Waals surface area contributed by atoms with Crippen LogP contribution in [0.3, 0.4) is 0 Å². The Labute approximate surface area is 67.4 Å². The molecule has 0 unspecified atom stereocenters. The van der Waals surface area contributed by atoms with Gasteiger partial charge in [0.25, 0.3) is 0 Å². The standard InChI is InChI=1S/C7H6F3N2/c1-11-5-2-3-6(12-4-5)7(8,9)10/h2-4,11H,1H2. The molecule has 1 rings (SSSR count). The van der Waals surface area contributed by atoms with Crippen LogP contribution in [0.2, 0.25) is 0 Å². The molecule has 0 aliphatic heterocycles. The number of nitrogens with one attached hydrogen (secondary N) is 1. The molecule has 0 aliphatic rings. The van der Waals surface area contributed by atoms with Gasteiger partial charge in [-0.1, -0.05) is 0 Å². The Morgan fingerprint density at radius 3 is 2.33 bits per heavy atom. The SMILES string of the molecule is [CH2]Nc1ccc(C(F)(F)F)nc1. The van der Waals surface area contributed by atoms with E-state index < -0.39 is 11.9 Å². The lowest BCUT2D eigenvalue weighted by molar-refractivity contribution is -0.141. The summed E-state index contributed by atoms with van der Waals surface area (Å²) < 4.78 is 35.8. The van der Waals surface area contributed by atoms with Crippen molar-refractivity contribution in [1.82, 2.24) is 4.98 Å². The van der Waals surface area contributed by atoms with Gasteiger partial charge in [-0.05, 0) is 12.1 Å². The first kappa shape index (κ1) is 8.83. The fraction of sp³-hybridized carbons (Fsp3) is 0.143. The molecule has 0 fully saturated rings. The molecule has 2 nitrogen and oxygen atoms in total. The molecule has 0 aromatic carbocycles. The van der Waals surface area contributed by atoms with Crippen LogP contribution in [0.1, 0.15) is 5.69 Å². The van der Waals surface area contributed by atoms with Gasteiger partial charge >= 0.3 is 6.18 Å². The first-order chi connectivity index (χ1) is 5.54. The normalized spacial score (nSPS) is 11.3. The minimum absolute atomic E-state index is 0.447. The zero-order chi connectivity index (χ0) is 9.19. The van der Waals surface area contributed by atoms with Gasteiger partial charge in [0.1, 0.15) is 5.69 Å². The maximum absolute atomic E-state index is 11.9. The maximum Gasteiger partial charge on any atom is 0.433 e. The Hall–Kier alpha value is -1.26. The first-order valence-corrected chi connectivity index (χ1v) is 3.10. The highest BCUT2D eigenvalue weighted by Crippen LogP contribution is 2.27. The molecule has 0 aliphatic carbocycles. The summed E-state index contributed by atoms with van der Waals surface area (Å²) in [4.78, 5) is 3.19. The fourth-order valence-corrected chi connectivity index (χ4v) is 0.666. The van der Waals surface area contributed by atoms with E-state index in [9.17, 15) is 13.2 Å². The van der Waals surface area contributed by atoms with Gasteiger partial charge in [-0.15, -0.1) is 0 Å². The smallest absolute Gasteiger partial charge is 0.382 e. The molecule has 0 saturated carbocycles. The van der Waals surface area contributed by atoms with Crippen LogP contribution in [0.5, 0.6) is 0 Å². The van der Waals surface area contributed by atoms with Crippen LogP contribution in [0.15, 0.2) is 18.3 Å². The van der Waals surface area contributed by atoms with Crippen LogP contribution in [-0.4, -0.2) is 4.98 Å². The van der Waals surface area contributed by atoms with Crippen molar-refractivity contribution >= 4 is 5.69 Å². The summed E-state index contributed by atoms with van der Waals surface area (Å²) in [6, 6.07) is 2.16. The number of nitrogens with zero attached hydrogens (tertiary/aromatic N) is 1. The Kier molecular flexibility index (Phi) is 2.21. The van der Waals surface area contributed by atoms with E-state index in [0.29, 0.717) is 5.69 Å².